The summed E-state index contributed by atoms with van der Waals surface area (Å²) in [6.45, 7) is 3.29. The van der Waals surface area contributed by atoms with Crippen LogP contribution >= 0.6 is 0 Å². The van der Waals surface area contributed by atoms with Crippen LogP contribution in [0.2, 0.25) is 0 Å². The van der Waals surface area contributed by atoms with E-state index in [9.17, 15) is 19.2 Å². The fraction of sp³-hybridized carbons (Fsp3) is 0.357. The molecule has 198 valence electrons. The molecule has 0 aromatic heterocycles. The second kappa shape index (κ2) is 10.6. The second-order valence-corrected chi connectivity index (χ2v) is 9.73. The minimum atomic E-state index is -1.49. The van der Waals surface area contributed by atoms with E-state index in [1.807, 2.05) is 12.1 Å². The molecule has 10 heteroatoms. The van der Waals surface area contributed by atoms with E-state index < -0.39 is 34.5 Å². The van der Waals surface area contributed by atoms with Gasteiger partial charge in [-0.05, 0) is 51.0 Å². The van der Waals surface area contributed by atoms with Gasteiger partial charge in [0.25, 0.3) is 11.8 Å². The molecule has 4 rings (SSSR count). The minimum absolute atomic E-state index is 0.224. The highest BCUT2D eigenvalue weighted by Crippen LogP contribution is 2.39. The highest BCUT2D eigenvalue weighted by atomic mass is 16.2. The van der Waals surface area contributed by atoms with Gasteiger partial charge in [-0.25, -0.2) is 0 Å². The lowest BCUT2D eigenvalue weighted by atomic mass is 9.76. The Morgan fingerprint density at radius 3 is 1.32 bits per heavy atom. The molecule has 0 spiro atoms. The standard InChI is InChI=1S/C28H32N6O4/c1-19-27(23(29)35,25(37)33(31-19)21-13-7-5-8-14-21)17-11-3-4-12-18-28(24(30)36)20(2)32-34(26(28)38)22-15-9-6-10-16-22/h5-10,13-16H,3-4,11-12,17-18H2,1-2H3,(H2,29,35)(H2,30,36). The smallest absolute Gasteiger partial charge is 0.268 e. The number of amides is 4. The monoisotopic (exact) mass is 516 g/mol. The van der Waals surface area contributed by atoms with Crippen molar-refractivity contribution in [2.75, 3.05) is 10.0 Å². The van der Waals surface area contributed by atoms with E-state index in [0.717, 1.165) is 0 Å². The van der Waals surface area contributed by atoms with Crippen molar-refractivity contribution in [3.05, 3.63) is 60.7 Å². The fourth-order valence-corrected chi connectivity index (χ4v) is 5.24. The molecule has 0 bridgehead atoms. The Morgan fingerprint density at radius 1 is 0.658 bits per heavy atom. The number of rotatable bonds is 11. The van der Waals surface area contributed by atoms with Crippen molar-refractivity contribution in [1.29, 1.82) is 0 Å². The van der Waals surface area contributed by atoms with Gasteiger partial charge >= 0.3 is 0 Å². The van der Waals surface area contributed by atoms with Crippen molar-refractivity contribution < 1.29 is 19.2 Å². The Hall–Kier alpha value is -4.34. The van der Waals surface area contributed by atoms with E-state index in [0.29, 0.717) is 48.5 Å². The molecule has 2 unspecified atom stereocenters. The van der Waals surface area contributed by atoms with Gasteiger partial charge in [0.05, 0.1) is 22.8 Å². The van der Waals surface area contributed by atoms with Crippen LogP contribution in [0.15, 0.2) is 70.9 Å². The summed E-state index contributed by atoms with van der Waals surface area (Å²) in [6, 6.07) is 17.8. The van der Waals surface area contributed by atoms with Crippen molar-refractivity contribution in [1.82, 2.24) is 0 Å². The maximum absolute atomic E-state index is 13.3. The molecule has 10 nitrogen and oxygen atoms in total. The van der Waals surface area contributed by atoms with Gasteiger partial charge in [0.1, 0.15) is 0 Å². The van der Waals surface area contributed by atoms with Crippen LogP contribution in [0.5, 0.6) is 0 Å². The third-order valence-corrected chi connectivity index (χ3v) is 7.55. The number of anilines is 2. The van der Waals surface area contributed by atoms with Crippen molar-refractivity contribution >= 4 is 46.4 Å². The van der Waals surface area contributed by atoms with Crippen LogP contribution < -0.4 is 21.5 Å². The van der Waals surface area contributed by atoms with Crippen LogP contribution in [0.25, 0.3) is 0 Å². The number of carbonyl (C=O) groups is 4. The Balaban J connectivity index is 1.37. The zero-order chi connectivity index (χ0) is 27.5. The molecule has 0 radical (unpaired) electrons. The first-order valence-corrected chi connectivity index (χ1v) is 12.7. The zero-order valence-corrected chi connectivity index (χ0v) is 21.6. The summed E-state index contributed by atoms with van der Waals surface area (Å²) < 4.78 is 0. The third-order valence-electron chi connectivity index (χ3n) is 7.55. The number of carbonyl (C=O) groups excluding carboxylic acids is 4. The lowest BCUT2D eigenvalue weighted by Gasteiger charge is -2.26. The first kappa shape index (κ1) is 26.7. The normalized spacial score (nSPS) is 23.0. The minimum Gasteiger partial charge on any atom is -0.368 e. The molecule has 0 aliphatic carbocycles. The molecule has 4 amide bonds. The maximum Gasteiger partial charge on any atom is 0.268 e. The molecule has 4 N–H and O–H groups in total. The summed E-state index contributed by atoms with van der Waals surface area (Å²) in [7, 11) is 0. The van der Waals surface area contributed by atoms with Gasteiger partial charge in [-0.1, -0.05) is 62.1 Å². The molecular weight excluding hydrogens is 484 g/mol. The quantitative estimate of drug-likeness (QED) is 0.348. The van der Waals surface area contributed by atoms with Gasteiger partial charge < -0.3 is 11.5 Å². The van der Waals surface area contributed by atoms with Gasteiger partial charge in [0, 0.05) is 0 Å². The Bertz CT molecular complexity index is 1210. The number of para-hydroxylation sites is 2. The Labute approximate surface area is 221 Å². The molecule has 0 fully saturated rings. The molecule has 2 heterocycles. The number of benzene rings is 2. The van der Waals surface area contributed by atoms with Crippen LogP contribution in [0.1, 0.15) is 52.4 Å². The van der Waals surface area contributed by atoms with E-state index in [2.05, 4.69) is 10.2 Å². The summed E-state index contributed by atoms with van der Waals surface area (Å²) in [6.07, 6.45) is 2.82. The van der Waals surface area contributed by atoms with E-state index >= 15 is 0 Å². The van der Waals surface area contributed by atoms with E-state index in [4.69, 9.17) is 11.5 Å². The highest BCUT2D eigenvalue weighted by Gasteiger charge is 2.55. The predicted molar refractivity (Wildman–Crippen MR) is 145 cm³/mol. The summed E-state index contributed by atoms with van der Waals surface area (Å²) >= 11 is 0. The summed E-state index contributed by atoms with van der Waals surface area (Å²) in [5.41, 5.74) is 10.4. The largest absolute Gasteiger partial charge is 0.368 e. The van der Waals surface area contributed by atoms with Crippen molar-refractivity contribution in [2.45, 2.75) is 52.4 Å². The highest BCUT2D eigenvalue weighted by molar-refractivity contribution is 6.31. The Morgan fingerprint density at radius 2 is 1.00 bits per heavy atom. The SMILES string of the molecule is CC1=NN(c2ccccc2)C(=O)C1(CCCCCCC1(C(N)=O)C(=O)N(c2ccccc2)N=C1C)C(N)=O. The number of hydrogen-bond donors (Lipinski definition) is 2. The van der Waals surface area contributed by atoms with Gasteiger partial charge in [0.15, 0.2) is 10.8 Å². The first-order valence-electron chi connectivity index (χ1n) is 12.7. The van der Waals surface area contributed by atoms with Crippen LogP contribution in [0.3, 0.4) is 0 Å². The van der Waals surface area contributed by atoms with Gasteiger partial charge in [-0.15, -0.1) is 0 Å². The number of unbranched alkanes of at least 4 members (excludes halogenated alkanes) is 3. The third kappa shape index (κ3) is 4.36. The molecule has 2 aliphatic heterocycles. The summed E-state index contributed by atoms with van der Waals surface area (Å²) in [5.74, 6) is -2.35. The molecule has 0 saturated carbocycles. The Kier molecular flexibility index (Phi) is 7.43. The second-order valence-electron chi connectivity index (χ2n) is 9.73. The summed E-state index contributed by atoms with van der Waals surface area (Å²) in [4.78, 5) is 51.7. The first-order chi connectivity index (χ1) is 18.2. The van der Waals surface area contributed by atoms with Crippen molar-refractivity contribution in [3.63, 3.8) is 0 Å². The number of hydrogen-bond acceptors (Lipinski definition) is 6. The molecule has 38 heavy (non-hydrogen) atoms. The summed E-state index contributed by atoms with van der Waals surface area (Å²) in [5, 5.41) is 11.2. The van der Waals surface area contributed by atoms with Crippen molar-refractivity contribution in [3.8, 4) is 0 Å². The van der Waals surface area contributed by atoms with Crippen LogP contribution in [-0.2, 0) is 19.2 Å². The molecule has 2 aromatic rings. The van der Waals surface area contributed by atoms with E-state index in [-0.39, 0.29) is 12.8 Å². The molecular formula is C28H32N6O4. The lowest BCUT2D eigenvalue weighted by molar-refractivity contribution is -0.136. The van der Waals surface area contributed by atoms with Crippen LogP contribution in [0.4, 0.5) is 11.4 Å². The number of nitrogens with zero attached hydrogens (tertiary/aromatic N) is 4. The average molecular weight is 517 g/mol. The molecule has 2 atom stereocenters. The topological polar surface area (TPSA) is 152 Å². The average Bonchev–Trinajstić information content (AvgIpc) is 3.32. The number of primary amides is 2. The van der Waals surface area contributed by atoms with E-state index in [1.54, 1.807) is 62.4 Å². The number of hydrazone groups is 2. The fourth-order valence-electron chi connectivity index (χ4n) is 5.24. The molecule has 2 aromatic carbocycles. The van der Waals surface area contributed by atoms with Gasteiger partial charge in [0.2, 0.25) is 11.8 Å². The zero-order valence-electron chi connectivity index (χ0n) is 21.6. The lowest BCUT2D eigenvalue weighted by Crippen LogP contribution is -2.49. The van der Waals surface area contributed by atoms with Crippen molar-refractivity contribution in [2.24, 2.45) is 32.5 Å². The van der Waals surface area contributed by atoms with Crippen LogP contribution in [0, 0.1) is 10.8 Å². The molecule has 2 aliphatic rings. The van der Waals surface area contributed by atoms with Crippen LogP contribution in [-0.4, -0.2) is 35.1 Å². The van der Waals surface area contributed by atoms with Gasteiger partial charge in [-0.3, -0.25) is 19.2 Å². The maximum atomic E-state index is 13.3. The molecule has 0 saturated heterocycles. The van der Waals surface area contributed by atoms with Gasteiger partial charge in [-0.2, -0.15) is 20.2 Å². The predicted octanol–water partition coefficient (Wildman–Crippen LogP) is 3.12. The van der Waals surface area contributed by atoms with E-state index in [1.165, 1.54) is 10.0 Å². The number of nitrogens with two attached hydrogens (primary N) is 2.